The number of aliphatic hydroxyl groups excluding tert-OH is 1. The van der Waals surface area contributed by atoms with Crippen LogP contribution in [0.2, 0.25) is 5.02 Å². The summed E-state index contributed by atoms with van der Waals surface area (Å²) in [5, 5.41) is 17.8. The van der Waals surface area contributed by atoms with Crippen molar-refractivity contribution >= 4 is 23.4 Å². The van der Waals surface area contributed by atoms with Crippen LogP contribution in [0.5, 0.6) is 0 Å². The molecule has 1 heterocycles. The Labute approximate surface area is 158 Å². The topological polar surface area (TPSA) is 76.4 Å². The van der Waals surface area contributed by atoms with Crippen LogP contribution in [-0.4, -0.2) is 26.6 Å². The Bertz CT molecular complexity index is 811. The number of hydrogen-bond acceptors (Lipinski definition) is 5. The Balaban J connectivity index is 1.82. The molecule has 0 amide bonds. The zero-order chi connectivity index (χ0) is 18.9. The van der Waals surface area contributed by atoms with Gasteiger partial charge in [0.05, 0.1) is 18.3 Å². The van der Waals surface area contributed by atoms with Crippen molar-refractivity contribution in [3.05, 3.63) is 46.2 Å². The van der Waals surface area contributed by atoms with E-state index in [9.17, 15) is 9.90 Å². The summed E-state index contributed by atoms with van der Waals surface area (Å²) >= 11 is 6.06. The highest BCUT2D eigenvalue weighted by molar-refractivity contribution is 6.31. The summed E-state index contributed by atoms with van der Waals surface area (Å²) in [6.07, 6.45) is 4.09. The lowest BCUT2D eigenvalue weighted by molar-refractivity contribution is 0.0513. The molecule has 0 fully saturated rings. The van der Waals surface area contributed by atoms with E-state index in [2.05, 4.69) is 10.4 Å². The zero-order valence-corrected chi connectivity index (χ0v) is 16.0. The number of aliphatic hydroxyl groups is 1. The van der Waals surface area contributed by atoms with Crippen LogP contribution < -0.4 is 5.32 Å². The summed E-state index contributed by atoms with van der Waals surface area (Å²) in [6, 6.07) is 5.47. The molecule has 0 radical (unpaired) electrons. The van der Waals surface area contributed by atoms with Crippen LogP contribution >= 0.6 is 11.6 Å². The van der Waals surface area contributed by atoms with Gasteiger partial charge >= 0.3 is 6.09 Å². The number of nitrogens with one attached hydrogen (secondary N) is 1. The molecule has 2 aromatic rings. The van der Waals surface area contributed by atoms with E-state index in [1.807, 2.05) is 32.9 Å². The lowest BCUT2D eigenvalue weighted by Gasteiger charge is -2.23. The van der Waals surface area contributed by atoms with Crippen molar-refractivity contribution in [3.63, 3.8) is 0 Å². The molecule has 1 aliphatic carbocycles. The predicted octanol–water partition coefficient (Wildman–Crippen LogP) is 4.30. The molecule has 7 heteroatoms. The molecule has 26 heavy (non-hydrogen) atoms. The van der Waals surface area contributed by atoms with Gasteiger partial charge in [0.1, 0.15) is 5.60 Å². The van der Waals surface area contributed by atoms with Crippen LogP contribution in [0.3, 0.4) is 0 Å². The van der Waals surface area contributed by atoms with Gasteiger partial charge in [0.15, 0.2) is 0 Å². The standard InChI is InChI=1S/C19H24ClN3O3/c1-19(2,3)26-18(25)23-10-12-5-4-6-16(17(12)22-23)21-14-7-8-15(20)13(9-14)11-24/h7-10,16,21,24H,4-6,11H2,1-3H3. The zero-order valence-electron chi connectivity index (χ0n) is 15.3. The first kappa shape index (κ1) is 18.7. The van der Waals surface area contributed by atoms with E-state index in [4.69, 9.17) is 16.3 Å². The third-order valence-electron chi connectivity index (χ3n) is 4.23. The normalized spacial score (nSPS) is 16.9. The van der Waals surface area contributed by atoms with E-state index in [1.165, 1.54) is 4.68 Å². The van der Waals surface area contributed by atoms with Crippen molar-refractivity contribution in [3.8, 4) is 0 Å². The third-order valence-corrected chi connectivity index (χ3v) is 4.60. The maximum atomic E-state index is 12.3. The highest BCUT2D eigenvalue weighted by atomic mass is 35.5. The number of fused-ring (bicyclic) bond motifs is 1. The minimum absolute atomic E-state index is 0.00449. The number of aromatic nitrogens is 2. The molecule has 0 saturated carbocycles. The fraction of sp³-hybridized carbons (Fsp3) is 0.474. The average molecular weight is 378 g/mol. The number of halogens is 1. The molecule has 6 nitrogen and oxygen atoms in total. The van der Waals surface area contributed by atoms with Crippen LogP contribution in [0.1, 0.15) is 56.5 Å². The number of benzene rings is 1. The van der Waals surface area contributed by atoms with Crippen LogP contribution in [0.4, 0.5) is 10.5 Å². The molecule has 1 aromatic carbocycles. The van der Waals surface area contributed by atoms with Crippen LogP contribution in [0.25, 0.3) is 0 Å². The van der Waals surface area contributed by atoms with Gasteiger partial charge in [-0.2, -0.15) is 9.78 Å². The first-order valence-electron chi connectivity index (χ1n) is 8.74. The van der Waals surface area contributed by atoms with E-state index in [0.717, 1.165) is 36.2 Å². The second-order valence-corrected chi connectivity index (χ2v) is 7.93. The minimum Gasteiger partial charge on any atom is -0.442 e. The fourth-order valence-electron chi connectivity index (χ4n) is 3.07. The molecule has 140 valence electrons. The summed E-state index contributed by atoms with van der Waals surface area (Å²) < 4.78 is 6.69. The number of rotatable bonds is 3. The molecule has 0 bridgehead atoms. The van der Waals surface area contributed by atoms with Crippen molar-refractivity contribution < 1.29 is 14.6 Å². The van der Waals surface area contributed by atoms with Crippen molar-refractivity contribution in [1.82, 2.24) is 9.78 Å². The van der Waals surface area contributed by atoms with Gasteiger partial charge in [0, 0.05) is 16.9 Å². The van der Waals surface area contributed by atoms with Crippen molar-refractivity contribution in [2.24, 2.45) is 0 Å². The molecule has 3 rings (SSSR count). The summed E-state index contributed by atoms with van der Waals surface area (Å²) in [4.78, 5) is 12.3. The molecule has 2 N–H and O–H groups in total. The molecule has 0 spiro atoms. The maximum Gasteiger partial charge on any atom is 0.435 e. The molecular weight excluding hydrogens is 354 g/mol. The van der Waals surface area contributed by atoms with Gasteiger partial charge in [-0.25, -0.2) is 4.79 Å². The smallest absolute Gasteiger partial charge is 0.435 e. The molecule has 1 aliphatic rings. The number of nitrogens with zero attached hydrogens (tertiary/aromatic N) is 2. The number of hydrogen-bond donors (Lipinski definition) is 2. The molecule has 1 atom stereocenters. The van der Waals surface area contributed by atoms with Crippen molar-refractivity contribution in [1.29, 1.82) is 0 Å². The quantitative estimate of drug-likeness (QED) is 0.833. The SMILES string of the molecule is CC(C)(C)OC(=O)n1cc2c(n1)C(Nc1ccc(Cl)c(CO)c1)CCC2. The lowest BCUT2D eigenvalue weighted by atomic mass is 9.93. The Morgan fingerprint density at radius 1 is 1.46 bits per heavy atom. The lowest BCUT2D eigenvalue weighted by Crippen LogP contribution is -2.27. The predicted molar refractivity (Wildman–Crippen MR) is 101 cm³/mol. The Kier molecular flexibility index (Phi) is 5.25. The monoisotopic (exact) mass is 377 g/mol. The van der Waals surface area contributed by atoms with Gasteiger partial charge < -0.3 is 15.2 Å². The van der Waals surface area contributed by atoms with E-state index >= 15 is 0 Å². The van der Waals surface area contributed by atoms with Crippen LogP contribution in [-0.2, 0) is 17.8 Å². The number of anilines is 1. The summed E-state index contributed by atoms with van der Waals surface area (Å²) in [7, 11) is 0. The molecule has 1 unspecified atom stereocenters. The van der Waals surface area contributed by atoms with Crippen LogP contribution in [0, 0.1) is 0 Å². The summed E-state index contributed by atoms with van der Waals surface area (Å²) in [6.45, 7) is 5.38. The fourth-order valence-corrected chi connectivity index (χ4v) is 3.25. The second-order valence-electron chi connectivity index (χ2n) is 7.52. The Hall–Kier alpha value is -2.05. The first-order chi connectivity index (χ1) is 12.3. The van der Waals surface area contributed by atoms with E-state index in [-0.39, 0.29) is 12.6 Å². The largest absolute Gasteiger partial charge is 0.442 e. The molecule has 1 aromatic heterocycles. The van der Waals surface area contributed by atoms with Gasteiger partial charge in [0.2, 0.25) is 0 Å². The van der Waals surface area contributed by atoms with Gasteiger partial charge in [0.25, 0.3) is 0 Å². The highest BCUT2D eigenvalue weighted by Crippen LogP contribution is 2.32. The van der Waals surface area contributed by atoms with Gasteiger partial charge in [-0.15, -0.1) is 0 Å². The maximum absolute atomic E-state index is 12.3. The summed E-state index contributed by atoms with van der Waals surface area (Å²) in [5.41, 5.74) is 2.89. The number of carbonyl (C=O) groups is 1. The van der Waals surface area contributed by atoms with E-state index in [0.29, 0.717) is 10.6 Å². The number of carbonyl (C=O) groups excluding carboxylic acids is 1. The van der Waals surface area contributed by atoms with Gasteiger partial charge in [-0.1, -0.05) is 11.6 Å². The van der Waals surface area contributed by atoms with Crippen molar-refractivity contribution in [2.45, 2.75) is 58.3 Å². The molecule has 0 aliphatic heterocycles. The summed E-state index contributed by atoms with van der Waals surface area (Å²) in [5.74, 6) is 0. The minimum atomic E-state index is -0.564. The van der Waals surface area contributed by atoms with E-state index in [1.54, 1.807) is 12.3 Å². The van der Waals surface area contributed by atoms with E-state index < -0.39 is 11.7 Å². The second kappa shape index (κ2) is 7.29. The van der Waals surface area contributed by atoms with Gasteiger partial charge in [-0.05, 0) is 69.4 Å². The number of ether oxygens (including phenoxy) is 1. The van der Waals surface area contributed by atoms with Crippen molar-refractivity contribution in [2.75, 3.05) is 5.32 Å². The Morgan fingerprint density at radius 3 is 2.92 bits per heavy atom. The Morgan fingerprint density at radius 2 is 2.23 bits per heavy atom. The molecular formula is C19H24ClN3O3. The van der Waals surface area contributed by atoms with Gasteiger partial charge in [-0.3, -0.25) is 0 Å². The highest BCUT2D eigenvalue weighted by Gasteiger charge is 2.27. The van der Waals surface area contributed by atoms with Crippen LogP contribution in [0.15, 0.2) is 24.4 Å². The molecule has 0 saturated heterocycles. The third kappa shape index (κ3) is 4.19. The average Bonchev–Trinajstić information content (AvgIpc) is 3.00. The first-order valence-corrected chi connectivity index (χ1v) is 9.12. The number of aryl methyl sites for hydroxylation is 1.